The van der Waals surface area contributed by atoms with Gasteiger partial charge in [0.15, 0.2) is 0 Å². The molecule has 4 heteroatoms. The van der Waals surface area contributed by atoms with Crippen molar-refractivity contribution in [3.63, 3.8) is 0 Å². The zero-order valence-corrected chi connectivity index (χ0v) is 11.3. The van der Waals surface area contributed by atoms with Gasteiger partial charge < -0.3 is 5.73 Å². The average molecular weight is 259 g/mol. The first kappa shape index (κ1) is 11.8. The molecule has 0 bridgehead atoms. The van der Waals surface area contributed by atoms with Gasteiger partial charge in [-0.3, -0.25) is 4.98 Å². The summed E-state index contributed by atoms with van der Waals surface area (Å²) in [5.41, 5.74) is 9.28. The number of fused-ring (bicyclic) bond motifs is 1. The van der Waals surface area contributed by atoms with Crippen molar-refractivity contribution >= 4 is 11.3 Å². The molecule has 0 amide bonds. The largest absolute Gasteiger partial charge is 0.330 e. The minimum atomic E-state index is 0.447. The zero-order chi connectivity index (χ0) is 12.5. The summed E-state index contributed by atoms with van der Waals surface area (Å²) < 4.78 is 0. The fourth-order valence-corrected chi connectivity index (χ4v) is 3.80. The minimum Gasteiger partial charge on any atom is -0.330 e. The standard InChI is InChI=1S/C14H17N3S/c1-9-4-3-7-16-12(9)14-17-13-10(8-15)5-2-6-11(13)18-14/h3-4,7,10H,2,5-6,8,15H2,1H3. The molecular weight excluding hydrogens is 242 g/mol. The zero-order valence-electron chi connectivity index (χ0n) is 10.5. The van der Waals surface area contributed by atoms with E-state index >= 15 is 0 Å². The third-order valence-electron chi connectivity index (χ3n) is 3.57. The number of rotatable bonds is 2. The quantitative estimate of drug-likeness (QED) is 0.902. The van der Waals surface area contributed by atoms with Gasteiger partial charge in [-0.05, 0) is 37.8 Å². The average Bonchev–Trinajstić information content (AvgIpc) is 2.82. The second-order valence-corrected chi connectivity index (χ2v) is 5.90. The lowest BCUT2D eigenvalue weighted by atomic mass is 9.91. The number of aromatic nitrogens is 2. The van der Waals surface area contributed by atoms with E-state index in [-0.39, 0.29) is 0 Å². The van der Waals surface area contributed by atoms with Crippen molar-refractivity contribution in [2.45, 2.75) is 32.1 Å². The highest BCUT2D eigenvalue weighted by Gasteiger charge is 2.24. The first-order valence-corrected chi connectivity index (χ1v) is 7.23. The monoisotopic (exact) mass is 259 g/mol. The Balaban J connectivity index is 2.05. The van der Waals surface area contributed by atoms with Crippen molar-refractivity contribution in [2.75, 3.05) is 6.54 Å². The number of pyridine rings is 1. The van der Waals surface area contributed by atoms with Crippen LogP contribution < -0.4 is 5.73 Å². The Hall–Kier alpha value is -1.26. The molecule has 1 aliphatic rings. The molecule has 0 aliphatic heterocycles. The number of thiazole rings is 1. The first-order valence-electron chi connectivity index (χ1n) is 6.41. The lowest BCUT2D eigenvalue weighted by Crippen LogP contribution is -2.17. The van der Waals surface area contributed by atoms with Crippen LogP contribution in [0, 0.1) is 6.92 Å². The molecule has 0 spiro atoms. The SMILES string of the molecule is Cc1cccnc1-c1nc2c(s1)CCCC2CN. The molecule has 1 unspecified atom stereocenters. The highest BCUT2D eigenvalue weighted by atomic mass is 32.1. The Morgan fingerprint density at radius 1 is 1.50 bits per heavy atom. The van der Waals surface area contributed by atoms with Gasteiger partial charge in [0.1, 0.15) is 10.7 Å². The maximum atomic E-state index is 5.84. The summed E-state index contributed by atoms with van der Waals surface area (Å²) in [6.45, 7) is 2.79. The third-order valence-corrected chi connectivity index (χ3v) is 4.70. The van der Waals surface area contributed by atoms with Crippen LogP contribution in [0.3, 0.4) is 0 Å². The normalized spacial score (nSPS) is 18.7. The van der Waals surface area contributed by atoms with E-state index < -0.39 is 0 Å². The van der Waals surface area contributed by atoms with Gasteiger partial charge in [0.25, 0.3) is 0 Å². The molecule has 3 nitrogen and oxygen atoms in total. The maximum Gasteiger partial charge on any atom is 0.142 e. The molecule has 94 valence electrons. The van der Waals surface area contributed by atoms with Crippen molar-refractivity contribution in [1.82, 2.24) is 9.97 Å². The molecule has 0 aromatic carbocycles. The number of hydrogen-bond acceptors (Lipinski definition) is 4. The summed E-state index contributed by atoms with van der Waals surface area (Å²) in [5.74, 6) is 0.447. The van der Waals surface area contributed by atoms with E-state index in [2.05, 4.69) is 18.0 Å². The molecule has 2 heterocycles. The molecular formula is C14H17N3S. The first-order chi connectivity index (χ1) is 8.79. The van der Waals surface area contributed by atoms with Crippen LogP contribution in [0.15, 0.2) is 18.3 Å². The van der Waals surface area contributed by atoms with Crippen LogP contribution in [0.4, 0.5) is 0 Å². The smallest absolute Gasteiger partial charge is 0.142 e. The fraction of sp³-hybridized carbons (Fsp3) is 0.429. The van der Waals surface area contributed by atoms with E-state index in [1.54, 1.807) is 11.3 Å². The summed E-state index contributed by atoms with van der Waals surface area (Å²) in [6.07, 6.45) is 5.39. The number of aryl methyl sites for hydroxylation is 2. The summed E-state index contributed by atoms with van der Waals surface area (Å²) in [7, 11) is 0. The van der Waals surface area contributed by atoms with Crippen molar-refractivity contribution < 1.29 is 0 Å². The second-order valence-electron chi connectivity index (χ2n) is 4.82. The topological polar surface area (TPSA) is 51.8 Å². The number of hydrogen-bond donors (Lipinski definition) is 1. The van der Waals surface area contributed by atoms with Gasteiger partial charge in [0.2, 0.25) is 0 Å². The summed E-state index contributed by atoms with van der Waals surface area (Å²) in [6, 6.07) is 4.05. The Morgan fingerprint density at radius 3 is 3.17 bits per heavy atom. The lowest BCUT2D eigenvalue weighted by Gasteiger charge is -2.18. The van der Waals surface area contributed by atoms with Crippen LogP contribution in [0.1, 0.15) is 34.9 Å². The van der Waals surface area contributed by atoms with Crippen LogP contribution in [-0.4, -0.2) is 16.5 Å². The molecule has 1 aliphatic carbocycles. The van der Waals surface area contributed by atoms with E-state index in [1.165, 1.54) is 29.0 Å². The van der Waals surface area contributed by atoms with Crippen LogP contribution in [0.5, 0.6) is 0 Å². The Bertz CT molecular complexity index is 562. The van der Waals surface area contributed by atoms with E-state index in [0.29, 0.717) is 12.5 Å². The Labute approximate surface area is 111 Å². The minimum absolute atomic E-state index is 0.447. The van der Waals surface area contributed by atoms with Crippen LogP contribution in [0.2, 0.25) is 0 Å². The molecule has 2 aromatic rings. The van der Waals surface area contributed by atoms with Gasteiger partial charge in [-0.25, -0.2) is 4.98 Å². The van der Waals surface area contributed by atoms with Crippen molar-refractivity contribution in [2.24, 2.45) is 5.73 Å². The lowest BCUT2D eigenvalue weighted by molar-refractivity contribution is 0.554. The predicted molar refractivity (Wildman–Crippen MR) is 74.8 cm³/mol. The van der Waals surface area contributed by atoms with Crippen LogP contribution in [-0.2, 0) is 6.42 Å². The molecule has 1 atom stereocenters. The van der Waals surface area contributed by atoms with E-state index in [0.717, 1.165) is 17.1 Å². The van der Waals surface area contributed by atoms with Crippen LogP contribution >= 0.6 is 11.3 Å². The van der Waals surface area contributed by atoms with Gasteiger partial charge in [0.05, 0.1) is 5.69 Å². The molecule has 2 N–H and O–H groups in total. The second kappa shape index (κ2) is 4.78. The summed E-state index contributed by atoms with van der Waals surface area (Å²) in [5, 5.41) is 1.05. The summed E-state index contributed by atoms with van der Waals surface area (Å²) >= 11 is 1.79. The van der Waals surface area contributed by atoms with Gasteiger partial charge in [-0.2, -0.15) is 0 Å². The highest BCUT2D eigenvalue weighted by molar-refractivity contribution is 7.15. The Morgan fingerprint density at radius 2 is 2.39 bits per heavy atom. The van der Waals surface area contributed by atoms with Gasteiger partial charge >= 0.3 is 0 Å². The van der Waals surface area contributed by atoms with Crippen LogP contribution in [0.25, 0.3) is 10.7 Å². The van der Waals surface area contributed by atoms with Gasteiger partial charge in [0, 0.05) is 23.5 Å². The van der Waals surface area contributed by atoms with Crippen molar-refractivity contribution in [3.8, 4) is 10.7 Å². The van der Waals surface area contributed by atoms with E-state index in [1.807, 2.05) is 12.3 Å². The number of nitrogens with zero attached hydrogens (tertiary/aromatic N) is 2. The number of nitrogens with two attached hydrogens (primary N) is 1. The highest BCUT2D eigenvalue weighted by Crippen LogP contribution is 2.37. The molecule has 0 saturated heterocycles. The van der Waals surface area contributed by atoms with Gasteiger partial charge in [-0.1, -0.05) is 6.07 Å². The molecule has 2 aromatic heterocycles. The molecule has 0 radical (unpaired) electrons. The van der Waals surface area contributed by atoms with E-state index in [9.17, 15) is 0 Å². The molecule has 0 fully saturated rings. The van der Waals surface area contributed by atoms with E-state index in [4.69, 9.17) is 10.7 Å². The molecule has 0 saturated carbocycles. The third kappa shape index (κ3) is 1.95. The predicted octanol–water partition coefficient (Wildman–Crippen LogP) is 2.89. The summed E-state index contributed by atoms with van der Waals surface area (Å²) in [4.78, 5) is 10.7. The Kier molecular flexibility index (Phi) is 3.14. The fourth-order valence-electron chi connectivity index (χ4n) is 2.55. The van der Waals surface area contributed by atoms with Gasteiger partial charge in [-0.15, -0.1) is 11.3 Å². The van der Waals surface area contributed by atoms with Crippen molar-refractivity contribution in [3.05, 3.63) is 34.5 Å². The maximum absolute atomic E-state index is 5.84. The molecule has 18 heavy (non-hydrogen) atoms. The van der Waals surface area contributed by atoms with Crippen molar-refractivity contribution in [1.29, 1.82) is 0 Å². The molecule has 3 rings (SSSR count).